The highest BCUT2D eigenvalue weighted by molar-refractivity contribution is 6.29. The Morgan fingerprint density at radius 3 is 2.71 bits per heavy atom. The van der Waals surface area contributed by atoms with E-state index in [1.165, 1.54) is 6.07 Å². The van der Waals surface area contributed by atoms with Crippen LogP contribution in [0.25, 0.3) is 0 Å². The van der Waals surface area contributed by atoms with Crippen LogP contribution >= 0.6 is 11.6 Å². The van der Waals surface area contributed by atoms with E-state index in [0.29, 0.717) is 11.4 Å². The number of anilines is 1. The summed E-state index contributed by atoms with van der Waals surface area (Å²) in [4.78, 5) is 0. The van der Waals surface area contributed by atoms with Crippen molar-refractivity contribution >= 4 is 17.3 Å². The molecule has 1 aliphatic heterocycles. The van der Waals surface area contributed by atoms with Gasteiger partial charge in [0.15, 0.2) is 16.7 Å². The number of aromatic nitrogens is 2. The molecule has 2 aromatic rings. The number of fused-ring (bicyclic) bond motifs is 1. The Bertz CT molecular complexity index is 691. The number of nitrogens with zero attached hydrogens (tertiary/aromatic N) is 2. The quantitative estimate of drug-likeness (QED) is 0.939. The van der Waals surface area contributed by atoms with Gasteiger partial charge in [0.2, 0.25) is 5.79 Å². The maximum Gasteiger partial charge on any atom is 0.257 e. The number of hydrogen-bond acceptors (Lipinski definition) is 6. The average Bonchev–Trinajstić information content (AvgIpc) is 2.70. The number of ether oxygens (including phenoxy) is 3. The first-order chi connectivity index (χ1) is 9.93. The minimum absolute atomic E-state index is 0.227. The minimum Gasteiger partial charge on any atom is -0.470 e. The first kappa shape index (κ1) is 13.8. The Morgan fingerprint density at radius 2 is 1.95 bits per heavy atom. The summed E-state index contributed by atoms with van der Waals surface area (Å²) < 4.78 is 16.8. The van der Waals surface area contributed by atoms with Crippen molar-refractivity contribution < 1.29 is 14.2 Å². The standard InChI is InChI=1S/C14H14ClN3O3/c1-14(2)20-10-4-3-8(5-11(10)21-14)7-19-13-9(16)6-12(15)17-18-13/h3-6H,7H2,1-2H3,(H2,16,17). The second kappa shape index (κ2) is 4.96. The van der Waals surface area contributed by atoms with Crippen molar-refractivity contribution in [2.75, 3.05) is 5.73 Å². The Morgan fingerprint density at radius 1 is 1.19 bits per heavy atom. The molecule has 2 N–H and O–H groups in total. The molecule has 0 fully saturated rings. The first-order valence-corrected chi connectivity index (χ1v) is 6.73. The Hall–Kier alpha value is -2.21. The summed E-state index contributed by atoms with van der Waals surface area (Å²) in [6.07, 6.45) is 0. The largest absolute Gasteiger partial charge is 0.470 e. The zero-order chi connectivity index (χ0) is 15.0. The van der Waals surface area contributed by atoms with Gasteiger partial charge in [-0.05, 0) is 17.7 Å². The molecule has 0 spiro atoms. The number of hydrogen-bond donors (Lipinski definition) is 1. The first-order valence-electron chi connectivity index (χ1n) is 6.35. The lowest BCUT2D eigenvalue weighted by Crippen LogP contribution is -2.29. The van der Waals surface area contributed by atoms with Crippen LogP contribution in [0, 0.1) is 0 Å². The van der Waals surface area contributed by atoms with Crippen LogP contribution < -0.4 is 19.9 Å². The van der Waals surface area contributed by atoms with Gasteiger partial charge in [-0.25, -0.2) is 0 Å². The number of halogens is 1. The number of rotatable bonds is 3. The van der Waals surface area contributed by atoms with Crippen LogP contribution in [0.4, 0.5) is 5.69 Å². The van der Waals surface area contributed by atoms with Gasteiger partial charge in [0.25, 0.3) is 5.88 Å². The third-order valence-electron chi connectivity index (χ3n) is 2.85. The van der Waals surface area contributed by atoms with Gasteiger partial charge in [0.1, 0.15) is 6.61 Å². The van der Waals surface area contributed by atoms with E-state index >= 15 is 0 Å². The summed E-state index contributed by atoms with van der Waals surface area (Å²) in [5.41, 5.74) is 7.01. The Kier molecular flexibility index (Phi) is 3.25. The molecule has 0 aliphatic carbocycles. The van der Waals surface area contributed by atoms with Crippen LogP contribution in [0.5, 0.6) is 17.4 Å². The summed E-state index contributed by atoms with van der Waals surface area (Å²) in [6.45, 7) is 4.00. The van der Waals surface area contributed by atoms with E-state index in [1.807, 2.05) is 32.0 Å². The molecule has 0 radical (unpaired) electrons. The van der Waals surface area contributed by atoms with Gasteiger partial charge in [-0.15, -0.1) is 10.2 Å². The van der Waals surface area contributed by atoms with E-state index in [1.54, 1.807) is 0 Å². The van der Waals surface area contributed by atoms with Crippen molar-refractivity contribution in [1.29, 1.82) is 0 Å². The van der Waals surface area contributed by atoms with Crippen molar-refractivity contribution in [3.05, 3.63) is 35.0 Å². The summed E-state index contributed by atoms with van der Waals surface area (Å²) in [7, 11) is 0. The van der Waals surface area contributed by atoms with Gasteiger partial charge in [0.05, 0.1) is 5.69 Å². The topological polar surface area (TPSA) is 79.5 Å². The molecular weight excluding hydrogens is 294 g/mol. The van der Waals surface area contributed by atoms with E-state index in [4.69, 9.17) is 31.5 Å². The molecular formula is C14H14ClN3O3. The summed E-state index contributed by atoms with van der Waals surface area (Å²) in [6, 6.07) is 7.10. The molecule has 1 aromatic heterocycles. The molecule has 0 saturated carbocycles. The van der Waals surface area contributed by atoms with Crippen LogP contribution in [-0.4, -0.2) is 16.0 Å². The predicted molar refractivity (Wildman–Crippen MR) is 77.6 cm³/mol. The van der Waals surface area contributed by atoms with E-state index in [0.717, 1.165) is 11.3 Å². The van der Waals surface area contributed by atoms with Crippen molar-refractivity contribution in [3.8, 4) is 17.4 Å². The molecule has 7 heteroatoms. The fourth-order valence-corrected chi connectivity index (χ4v) is 2.15. The van der Waals surface area contributed by atoms with Crippen molar-refractivity contribution in [2.24, 2.45) is 0 Å². The maximum atomic E-state index is 5.75. The highest BCUT2D eigenvalue weighted by Gasteiger charge is 2.31. The van der Waals surface area contributed by atoms with E-state index in [-0.39, 0.29) is 17.6 Å². The fraction of sp³-hybridized carbons (Fsp3) is 0.286. The lowest BCUT2D eigenvalue weighted by molar-refractivity contribution is -0.0431. The highest BCUT2D eigenvalue weighted by atomic mass is 35.5. The molecule has 110 valence electrons. The van der Waals surface area contributed by atoms with E-state index in [2.05, 4.69) is 10.2 Å². The summed E-state index contributed by atoms with van der Waals surface area (Å²) >= 11 is 5.69. The second-order valence-electron chi connectivity index (χ2n) is 5.10. The van der Waals surface area contributed by atoms with E-state index in [9.17, 15) is 0 Å². The molecule has 6 nitrogen and oxygen atoms in total. The predicted octanol–water partition coefficient (Wildman–Crippen LogP) is 2.80. The normalized spacial score (nSPS) is 15.0. The van der Waals surface area contributed by atoms with Crippen LogP contribution in [0.15, 0.2) is 24.3 Å². The molecule has 0 bridgehead atoms. The number of benzene rings is 1. The molecule has 1 aromatic carbocycles. The molecule has 1 aliphatic rings. The monoisotopic (exact) mass is 307 g/mol. The maximum absolute atomic E-state index is 5.75. The molecule has 0 atom stereocenters. The molecule has 21 heavy (non-hydrogen) atoms. The third-order valence-corrected chi connectivity index (χ3v) is 3.04. The average molecular weight is 308 g/mol. The van der Waals surface area contributed by atoms with Gasteiger partial charge in [-0.3, -0.25) is 0 Å². The van der Waals surface area contributed by atoms with Crippen LogP contribution in [0.2, 0.25) is 5.15 Å². The smallest absolute Gasteiger partial charge is 0.257 e. The zero-order valence-corrected chi connectivity index (χ0v) is 12.3. The van der Waals surface area contributed by atoms with Gasteiger partial charge >= 0.3 is 0 Å². The lowest BCUT2D eigenvalue weighted by Gasteiger charge is -2.16. The van der Waals surface area contributed by atoms with E-state index < -0.39 is 5.79 Å². The molecule has 0 saturated heterocycles. The summed E-state index contributed by atoms with van der Waals surface area (Å²) in [5, 5.41) is 7.73. The van der Waals surface area contributed by atoms with Crippen LogP contribution in [0.1, 0.15) is 19.4 Å². The number of nitrogens with two attached hydrogens (primary N) is 1. The molecule has 3 rings (SSSR count). The van der Waals surface area contributed by atoms with Crippen LogP contribution in [-0.2, 0) is 6.61 Å². The van der Waals surface area contributed by atoms with Gasteiger partial charge in [-0.1, -0.05) is 17.7 Å². The third kappa shape index (κ3) is 2.95. The summed E-state index contributed by atoms with van der Waals surface area (Å²) in [5.74, 6) is 1.01. The Balaban J connectivity index is 1.72. The molecule has 2 heterocycles. The minimum atomic E-state index is -0.645. The van der Waals surface area contributed by atoms with Gasteiger partial charge in [0, 0.05) is 19.9 Å². The van der Waals surface area contributed by atoms with Gasteiger partial charge < -0.3 is 19.9 Å². The number of nitrogen functional groups attached to an aromatic ring is 1. The van der Waals surface area contributed by atoms with Crippen molar-refractivity contribution in [1.82, 2.24) is 10.2 Å². The molecule has 0 unspecified atom stereocenters. The molecule has 0 amide bonds. The van der Waals surface area contributed by atoms with Gasteiger partial charge in [-0.2, -0.15) is 0 Å². The SMILES string of the molecule is CC1(C)Oc2ccc(COc3nnc(Cl)cc3N)cc2O1. The van der Waals surface area contributed by atoms with Crippen molar-refractivity contribution in [3.63, 3.8) is 0 Å². The van der Waals surface area contributed by atoms with Crippen molar-refractivity contribution in [2.45, 2.75) is 26.2 Å². The van der Waals surface area contributed by atoms with Crippen LogP contribution in [0.3, 0.4) is 0 Å². The fourth-order valence-electron chi connectivity index (χ4n) is 1.99. The second-order valence-corrected chi connectivity index (χ2v) is 5.49. The zero-order valence-electron chi connectivity index (χ0n) is 11.6. The lowest BCUT2D eigenvalue weighted by atomic mass is 10.2. The highest BCUT2D eigenvalue weighted by Crippen LogP contribution is 2.39. The Labute approximate surface area is 126 Å².